The van der Waals surface area contributed by atoms with E-state index in [0.717, 1.165) is 44.5 Å². The van der Waals surface area contributed by atoms with E-state index in [1.165, 1.54) is 33.5 Å². The maximum atomic E-state index is 11.9. The average molecular weight is 531 g/mol. The molecule has 3 aromatic carbocycles. The molecule has 0 saturated carbocycles. The second-order valence-electron chi connectivity index (χ2n) is 11.3. The zero-order valence-corrected chi connectivity index (χ0v) is 23.9. The topological polar surface area (TPSA) is 71.0 Å². The first kappa shape index (κ1) is 28.3. The third-order valence-electron chi connectivity index (χ3n) is 7.30. The lowest BCUT2D eigenvalue weighted by Crippen LogP contribution is -2.33. The largest absolute Gasteiger partial charge is 0.508 e. The molecule has 0 saturated heterocycles. The van der Waals surface area contributed by atoms with E-state index in [9.17, 15) is 9.90 Å². The van der Waals surface area contributed by atoms with Crippen LogP contribution in [0.25, 0.3) is 0 Å². The summed E-state index contributed by atoms with van der Waals surface area (Å²) in [4.78, 5) is 14.3. The number of hydrogen-bond acceptors (Lipinski definition) is 5. The third kappa shape index (κ3) is 7.69. The Hall–Kier alpha value is -3.67. The molecule has 39 heavy (non-hydrogen) atoms. The van der Waals surface area contributed by atoms with Crippen molar-refractivity contribution in [3.8, 4) is 11.5 Å². The van der Waals surface area contributed by atoms with E-state index in [-0.39, 0.29) is 6.09 Å². The highest BCUT2D eigenvalue weighted by molar-refractivity contribution is 5.67. The van der Waals surface area contributed by atoms with Crippen molar-refractivity contribution in [1.29, 1.82) is 0 Å². The molecule has 208 valence electrons. The molecule has 3 aromatic rings. The zero-order valence-electron chi connectivity index (χ0n) is 23.9. The van der Waals surface area contributed by atoms with E-state index >= 15 is 0 Å². The van der Waals surface area contributed by atoms with Gasteiger partial charge in [-0.15, -0.1) is 0 Å². The van der Waals surface area contributed by atoms with Crippen molar-refractivity contribution in [3.05, 3.63) is 88.5 Å². The quantitative estimate of drug-likeness (QED) is 0.320. The molecule has 1 aliphatic carbocycles. The van der Waals surface area contributed by atoms with Crippen LogP contribution in [0, 0.1) is 0 Å². The number of benzene rings is 3. The van der Waals surface area contributed by atoms with Crippen LogP contribution in [0.3, 0.4) is 0 Å². The van der Waals surface area contributed by atoms with E-state index in [2.05, 4.69) is 65.7 Å². The lowest BCUT2D eigenvalue weighted by Gasteiger charge is -2.32. The molecule has 1 aliphatic rings. The number of fused-ring (bicyclic) bond motifs is 1. The predicted molar refractivity (Wildman–Crippen MR) is 157 cm³/mol. The van der Waals surface area contributed by atoms with E-state index in [1.807, 2.05) is 26.8 Å². The van der Waals surface area contributed by atoms with Gasteiger partial charge in [0.15, 0.2) is 0 Å². The molecular formula is C33H42N2O4. The number of amides is 1. The summed E-state index contributed by atoms with van der Waals surface area (Å²) in [6, 6.07) is 20.9. The Labute approximate surface area is 233 Å². The van der Waals surface area contributed by atoms with Crippen LogP contribution in [0.1, 0.15) is 67.9 Å². The number of carbonyl (C=O) groups excluding carboxylic acids is 1. The summed E-state index contributed by atoms with van der Waals surface area (Å²) >= 11 is 0. The molecular weight excluding hydrogens is 488 g/mol. The van der Waals surface area contributed by atoms with Crippen LogP contribution >= 0.6 is 0 Å². The van der Waals surface area contributed by atoms with Gasteiger partial charge in [-0.05, 0) is 105 Å². The van der Waals surface area contributed by atoms with Crippen molar-refractivity contribution in [2.45, 2.75) is 71.4 Å². The molecule has 2 N–H and O–H groups in total. The predicted octanol–water partition coefficient (Wildman–Crippen LogP) is 6.77. The number of rotatable bonds is 9. The van der Waals surface area contributed by atoms with E-state index in [0.29, 0.717) is 18.2 Å². The Morgan fingerprint density at radius 2 is 1.77 bits per heavy atom. The summed E-state index contributed by atoms with van der Waals surface area (Å²) in [7, 11) is 1.72. The Bertz CT molecular complexity index is 1260. The molecule has 1 atom stereocenters. The number of aromatic hydroxyl groups is 1. The maximum Gasteiger partial charge on any atom is 0.407 e. The minimum Gasteiger partial charge on any atom is -0.508 e. The molecule has 0 bridgehead atoms. The van der Waals surface area contributed by atoms with E-state index in [4.69, 9.17) is 9.47 Å². The van der Waals surface area contributed by atoms with Gasteiger partial charge in [0.2, 0.25) is 0 Å². The Balaban J connectivity index is 1.45. The molecule has 4 rings (SSSR count). The number of carbonyl (C=O) groups is 1. The van der Waals surface area contributed by atoms with Crippen LogP contribution in [0.4, 0.5) is 10.5 Å². The summed E-state index contributed by atoms with van der Waals surface area (Å²) in [5.74, 6) is 1.62. The first-order valence-electron chi connectivity index (χ1n) is 13.9. The van der Waals surface area contributed by atoms with Gasteiger partial charge in [0.1, 0.15) is 17.1 Å². The minimum absolute atomic E-state index is 0.347. The first-order chi connectivity index (χ1) is 18.6. The standard InChI is InChI=1S/C33H42N2O4/c1-6-35(22-24-9-7-23(8-10-24)17-18-34-32(37)39-33(2,3)4)31-21-29(38-5)15-16-30(31)27-12-11-26-20-28(36)14-13-25(26)19-27/h7-10,13-16,20-21,27,36H,6,11-12,17-19,22H2,1-5H3,(H,34,37). The number of anilines is 1. The SMILES string of the molecule is CCN(Cc1ccc(CCNC(=O)OC(C)(C)C)cc1)c1cc(OC)ccc1C1CCc2cc(O)ccc2C1. The monoisotopic (exact) mass is 530 g/mol. The lowest BCUT2D eigenvalue weighted by molar-refractivity contribution is 0.0528. The number of methoxy groups -OCH3 is 1. The van der Waals surface area contributed by atoms with Gasteiger partial charge in [-0.25, -0.2) is 4.79 Å². The van der Waals surface area contributed by atoms with Gasteiger partial charge < -0.3 is 24.8 Å². The number of nitrogens with zero attached hydrogens (tertiary/aromatic N) is 1. The van der Waals surface area contributed by atoms with Gasteiger partial charge in [0.05, 0.1) is 7.11 Å². The van der Waals surface area contributed by atoms with Gasteiger partial charge in [-0.3, -0.25) is 0 Å². The molecule has 0 radical (unpaired) electrons. The van der Waals surface area contributed by atoms with Crippen molar-refractivity contribution in [3.63, 3.8) is 0 Å². The van der Waals surface area contributed by atoms with Crippen LogP contribution in [-0.2, 0) is 30.5 Å². The van der Waals surface area contributed by atoms with Crippen LogP contribution in [0.5, 0.6) is 11.5 Å². The van der Waals surface area contributed by atoms with Gasteiger partial charge in [-0.2, -0.15) is 0 Å². The lowest BCUT2D eigenvalue weighted by atomic mass is 9.79. The third-order valence-corrected chi connectivity index (χ3v) is 7.30. The number of hydrogen-bond donors (Lipinski definition) is 2. The van der Waals surface area contributed by atoms with E-state index in [1.54, 1.807) is 13.2 Å². The molecule has 1 unspecified atom stereocenters. The zero-order chi connectivity index (χ0) is 28.0. The van der Waals surface area contributed by atoms with Crippen LogP contribution in [-0.4, -0.2) is 37.0 Å². The fraction of sp³-hybridized carbons (Fsp3) is 0.424. The molecule has 6 nitrogen and oxygen atoms in total. The van der Waals surface area contributed by atoms with E-state index < -0.39 is 5.60 Å². The number of alkyl carbamates (subject to hydrolysis) is 1. The summed E-state index contributed by atoms with van der Waals surface area (Å²) < 4.78 is 10.9. The van der Waals surface area contributed by atoms with Gasteiger partial charge in [0.25, 0.3) is 0 Å². The fourth-order valence-electron chi connectivity index (χ4n) is 5.30. The van der Waals surface area contributed by atoms with Crippen molar-refractivity contribution in [2.75, 3.05) is 25.1 Å². The highest BCUT2D eigenvalue weighted by Gasteiger charge is 2.25. The maximum absolute atomic E-state index is 11.9. The minimum atomic E-state index is -0.495. The number of phenols is 1. The number of nitrogens with one attached hydrogen (secondary N) is 1. The normalized spacial score (nSPS) is 14.8. The average Bonchev–Trinajstić information content (AvgIpc) is 2.91. The summed E-state index contributed by atoms with van der Waals surface area (Å²) in [6.45, 7) is 9.98. The Morgan fingerprint density at radius 3 is 2.46 bits per heavy atom. The molecule has 1 amide bonds. The second kappa shape index (κ2) is 12.5. The van der Waals surface area contributed by atoms with Crippen molar-refractivity contribution >= 4 is 11.8 Å². The van der Waals surface area contributed by atoms with Crippen molar-refractivity contribution in [2.24, 2.45) is 0 Å². The van der Waals surface area contributed by atoms with Gasteiger partial charge in [-0.1, -0.05) is 36.4 Å². The Kier molecular flexibility index (Phi) is 9.05. The van der Waals surface area contributed by atoms with Crippen molar-refractivity contribution < 1.29 is 19.4 Å². The second-order valence-corrected chi connectivity index (χ2v) is 11.3. The molecule has 0 aromatic heterocycles. The molecule has 0 spiro atoms. The van der Waals surface area contributed by atoms with Crippen molar-refractivity contribution in [1.82, 2.24) is 5.32 Å². The van der Waals surface area contributed by atoms with Gasteiger partial charge >= 0.3 is 6.09 Å². The first-order valence-corrected chi connectivity index (χ1v) is 13.9. The highest BCUT2D eigenvalue weighted by Crippen LogP contribution is 2.40. The summed E-state index contributed by atoms with van der Waals surface area (Å²) in [6.07, 6.45) is 3.36. The molecule has 6 heteroatoms. The number of aryl methyl sites for hydroxylation is 1. The molecule has 0 heterocycles. The number of ether oxygens (including phenoxy) is 2. The number of phenolic OH excluding ortho intramolecular Hbond substituents is 1. The van der Waals surface area contributed by atoms with Crippen LogP contribution < -0.4 is 15.0 Å². The Morgan fingerprint density at radius 1 is 1.03 bits per heavy atom. The fourth-order valence-corrected chi connectivity index (χ4v) is 5.30. The molecule has 0 aliphatic heterocycles. The van der Waals surface area contributed by atoms with Crippen LogP contribution in [0.15, 0.2) is 60.7 Å². The highest BCUT2D eigenvalue weighted by atomic mass is 16.6. The van der Waals surface area contributed by atoms with Crippen LogP contribution in [0.2, 0.25) is 0 Å². The van der Waals surface area contributed by atoms with Gasteiger partial charge in [0, 0.05) is 31.4 Å². The summed E-state index contributed by atoms with van der Waals surface area (Å²) in [5.41, 5.74) is 7.06. The molecule has 0 fully saturated rings. The summed E-state index contributed by atoms with van der Waals surface area (Å²) in [5, 5.41) is 12.7. The smallest absolute Gasteiger partial charge is 0.407 e.